The summed E-state index contributed by atoms with van der Waals surface area (Å²) < 4.78 is 16.4. The molecule has 0 aliphatic heterocycles. The normalized spacial score (nSPS) is 15.4. The topological polar surface area (TPSA) is 29.1 Å². The summed E-state index contributed by atoms with van der Waals surface area (Å²) in [6.45, 7) is 8.24. The number of halogens is 1. The lowest BCUT2D eigenvalue weighted by molar-refractivity contribution is 0.569. The van der Waals surface area contributed by atoms with E-state index < -0.39 is 11.0 Å². The number of nitrogens with one attached hydrogen (secondary N) is 1. The molecule has 0 radical (unpaired) electrons. The van der Waals surface area contributed by atoms with Crippen molar-refractivity contribution in [3.63, 3.8) is 0 Å². The number of benzene rings is 1. The van der Waals surface area contributed by atoms with E-state index in [1.807, 2.05) is 26.0 Å². The molecule has 102 valence electrons. The van der Waals surface area contributed by atoms with E-state index in [1.54, 1.807) is 0 Å². The highest BCUT2D eigenvalue weighted by atomic mass is 79.9. The zero-order chi connectivity index (χ0) is 13.8. The fraction of sp³-hybridized carbons (Fsp3) is 0.571. The molecule has 0 saturated heterocycles. The third kappa shape index (κ3) is 4.18. The smallest absolute Gasteiger partial charge is 0.0978 e. The first-order chi connectivity index (χ1) is 8.40. The molecule has 1 rings (SSSR count). The van der Waals surface area contributed by atoms with Crippen molar-refractivity contribution in [1.29, 1.82) is 0 Å². The van der Waals surface area contributed by atoms with Crippen LogP contribution in [0.25, 0.3) is 0 Å². The van der Waals surface area contributed by atoms with Gasteiger partial charge in [-0.05, 0) is 44.4 Å². The molecule has 0 aliphatic rings. The van der Waals surface area contributed by atoms with Gasteiger partial charge in [-0.25, -0.2) is 8.93 Å². The first-order valence-electron chi connectivity index (χ1n) is 6.34. The first-order valence-corrected chi connectivity index (χ1v) is 8.28. The van der Waals surface area contributed by atoms with Gasteiger partial charge in [0.25, 0.3) is 0 Å². The summed E-state index contributed by atoms with van der Waals surface area (Å²) in [5.41, 5.74) is 1.17. The largest absolute Gasteiger partial charge is 0.242 e. The Morgan fingerprint density at radius 1 is 1.39 bits per heavy atom. The molecule has 0 aliphatic carbocycles. The standard InChI is InChI=1S/C14H22BrNOS/c1-5-13(11-8-7-9-12(15)10-11)16-18(17)14(3,4)6-2/h7-10,13,16H,5-6H2,1-4H3/t13-,18?/m0/s1. The predicted molar refractivity (Wildman–Crippen MR) is 82.8 cm³/mol. The van der Waals surface area contributed by atoms with E-state index in [1.165, 1.54) is 5.56 Å². The monoisotopic (exact) mass is 331 g/mol. The SMILES string of the molecule is CC[C@H](NS(=O)C(C)(C)CC)c1cccc(Br)c1. The van der Waals surface area contributed by atoms with E-state index >= 15 is 0 Å². The second-order valence-corrected chi connectivity index (χ2v) is 7.81. The van der Waals surface area contributed by atoms with Crippen molar-refractivity contribution in [1.82, 2.24) is 4.72 Å². The molecule has 4 heteroatoms. The second-order valence-electron chi connectivity index (χ2n) is 5.02. The summed E-state index contributed by atoms with van der Waals surface area (Å²) in [6, 6.07) is 8.30. The minimum Gasteiger partial charge on any atom is -0.242 e. The Labute approximate surface area is 121 Å². The summed E-state index contributed by atoms with van der Waals surface area (Å²) in [5, 5.41) is 0. The molecule has 18 heavy (non-hydrogen) atoms. The average molecular weight is 332 g/mol. The fourth-order valence-corrected chi connectivity index (χ4v) is 3.09. The van der Waals surface area contributed by atoms with Crippen LogP contribution >= 0.6 is 15.9 Å². The average Bonchev–Trinajstić information content (AvgIpc) is 2.35. The van der Waals surface area contributed by atoms with Crippen molar-refractivity contribution < 1.29 is 4.21 Å². The van der Waals surface area contributed by atoms with E-state index in [0.29, 0.717) is 0 Å². The number of hydrogen-bond donors (Lipinski definition) is 1. The minimum atomic E-state index is -1.03. The van der Waals surface area contributed by atoms with Crippen molar-refractivity contribution in [2.75, 3.05) is 0 Å². The number of hydrogen-bond acceptors (Lipinski definition) is 1. The van der Waals surface area contributed by atoms with Gasteiger partial charge in [0.2, 0.25) is 0 Å². The second kappa shape index (κ2) is 6.83. The zero-order valence-electron chi connectivity index (χ0n) is 11.5. The van der Waals surface area contributed by atoms with Gasteiger partial charge in [0, 0.05) is 10.5 Å². The van der Waals surface area contributed by atoms with Crippen LogP contribution in [0.15, 0.2) is 28.7 Å². The predicted octanol–water partition coefficient (Wildman–Crippen LogP) is 4.34. The lowest BCUT2D eigenvalue weighted by atomic mass is 10.1. The van der Waals surface area contributed by atoms with Gasteiger partial charge in [0.1, 0.15) is 0 Å². The Hall–Kier alpha value is -0.190. The Balaban J connectivity index is 2.83. The molecular formula is C14H22BrNOS. The molecular weight excluding hydrogens is 310 g/mol. The third-order valence-electron chi connectivity index (χ3n) is 3.26. The van der Waals surface area contributed by atoms with E-state index in [0.717, 1.165) is 17.3 Å². The third-order valence-corrected chi connectivity index (χ3v) is 5.55. The minimum absolute atomic E-state index is 0.133. The Morgan fingerprint density at radius 3 is 2.56 bits per heavy atom. The Kier molecular flexibility index (Phi) is 6.02. The van der Waals surface area contributed by atoms with Gasteiger partial charge < -0.3 is 0 Å². The van der Waals surface area contributed by atoms with Crippen LogP contribution < -0.4 is 4.72 Å². The van der Waals surface area contributed by atoms with Crippen molar-refractivity contribution in [2.45, 2.75) is 51.3 Å². The van der Waals surface area contributed by atoms with Gasteiger partial charge in [-0.15, -0.1) is 0 Å². The summed E-state index contributed by atoms with van der Waals surface area (Å²) >= 11 is 3.48. The highest BCUT2D eigenvalue weighted by Crippen LogP contribution is 2.24. The molecule has 0 fully saturated rings. The van der Waals surface area contributed by atoms with E-state index in [2.05, 4.69) is 46.6 Å². The van der Waals surface area contributed by atoms with Gasteiger partial charge in [-0.3, -0.25) is 0 Å². The van der Waals surface area contributed by atoms with Crippen LogP contribution in [0.2, 0.25) is 0 Å². The highest BCUT2D eigenvalue weighted by molar-refractivity contribution is 9.10. The highest BCUT2D eigenvalue weighted by Gasteiger charge is 2.26. The summed E-state index contributed by atoms with van der Waals surface area (Å²) in [4.78, 5) is 0. The maximum absolute atomic E-state index is 12.3. The van der Waals surface area contributed by atoms with Crippen LogP contribution in [-0.4, -0.2) is 8.96 Å². The van der Waals surface area contributed by atoms with Gasteiger partial charge >= 0.3 is 0 Å². The molecule has 2 atom stereocenters. The van der Waals surface area contributed by atoms with Gasteiger partial charge in [-0.2, -0.15) is 0 Å². The molecule has 0 aromatic heterocycles. The van der Waals surface area contributed by atoms with Crippen molar-refractivity contribution in [3.05, 3.63) is 34.3 Å². The summed E-state index contributed by atoms with van der Waals surface area (Å²) in [5.74, 6) is 0. The van der Waals surface area contributed by atoms with Crippen LogP contribution in [-0.2, 0) is 11.0 Å². The van der Waals surface area contributed by atoms with Crippen molar-refractivity contribution >= 4 is 26.9 Å². The van der Waals surface area contributed by atoms with Gasteiger partial charge in [0.05, 0.1) is 15.7 Å². The van der Waals surface area contributed by atoms with Crippen LogP contribution in [0.1, 0.15) is 52.1 Å². The van der Waals surface area contributed by atoms with Gasteiger partial charge in [0.15, 0.2) is 0 Å². The first kappa shape index (κ1) is 15.9. The fourth-order valence-electron chi connectivity index (χ4n) is 1.53. The summed E-state index contributed by atoms with van der Waals surface area (Å²) in [7, 11) is -1.03. The Morgan fingerprint density at radius 2 is 2.06 bits per heavy atom. The quantitative estimate of drug-likeness (QED) is 0.825. The van der Waals surface area contributed by atoms with E-state index in [9.17, 15) is 4.21 Å². The zero-order valence-corrected chi connectivity index (χ0v) is 13.9. The van der Waals surface area contributed by atoms with E-state index in [-0.39, 0.29) is 10.8 Å². The Bertz CT molecular complexity index is 420. The molecule has 0 spiro atoms. The molecule has 1 unspecified atom stereocenters. The molecule has 0 bridgehead atoms. The lowest BCUT2D eigenvalue weighted by Crippen LogP contribution is -2.37. The molecule has 2 nitrogen and oxygen atoms in total. The molecule has 0 heterocycles. The maximum Gasteiger partial charge on any atom is 0.0978 e. The van der Waals surface area contributed by atoms with Crippen LogP contribution in [0, 0.1) is 0 Å². The molecule has 0 saturated carbocycles. The summed E-state index contributed by atoms with van der Waals surface area (Å²) in [6.07, 6.45) is 1.81. The van der Waals surface area contributed by atoms with Crippen LogP contribution in [0.4, 0.5) is 0 Å². The van der Waals surface area contributed by atoms with Crippen molar-refractivity contribution in [2.24, 2.45) is 0 Å². The maximum atomic E-state index is 12.3. The van der Waals surface area contributed by atoms with E-state index in [4.69, 9.17) is 0 Å². The molecule has 1 aromatic rings. The number of rotatable bonds is 6. The van der Waals surface area contributed by atoms with Crippen LogP contribution in [0.3, 0.4) is 0 Å². The van der Waals surface area contributed by atoms with Gasteiger partial charge in [-0.1, -0.05) is 41.9 Å². The molecule has 1 N–H and O–H groups in total. The molecule has 1 aromatic carbocycles. The molecule has 0 amide bonds. The lowest BCUT2D eigenvalue weighted by Gasteiger charge is -2.26. The van der Waals surface area contributed by atoms with Crippen LogP contribution in [0.5, 0.6) is 0 Å². The van der Waals surface area contributed by atoms with Crippen molar-refractivity contribution in [3.8, 4) is 0 Å².